The van der Waals surface area contributed by atoms with Crippen molar-refractivity contribution in [1.82, 2.24) is 0 Å². The number of carbonyl (C=O) groups is 4. The van der Waals surface area contributed by atoms with Crippen molar-refractivity contribution in [2.45, 2.75) is 79.1 Å². The van der Waals surface area contributed by atoms with E-state index in [9.17, 15) is 0 Å². The summed E-state index contributed by atoms with van der Waals surface area (Å²) in [6, 6.07) is 85.7. The van der Waals surface area contributed by atoms with E-state index < -0.39 is 23.6 Å². The van der Waals surface area contributed by atoms with Gasteiger partial charge >= 0.3 is 0 Å². The van der Waals surface area contributed by atoms with Gasteiger partial charge in [0.25, 0.3) is 23.6 Å². The van der Waals surface area contributed by atoms with Gasteiger partial charge in [-0.15, -0.1) is 0 Å². The summed E-state index contributed by atoms with van der Waals surface area (Å²) in [4.78, 5) is 67.1. The van der Waals surface area contributed by atoms with Crippen LogP contribution in [-0.2, 0) is 0 Å². The summed E-state index contributed by atoms with van der Waals surface area (Å²) in [6.07, 6.45) is 9.01. The van der Waals surface area contributed by atoms with E-state index in [1.165, 1.54) is 9.80 Å². The van der Waals surface area contributed by atoms with Gasteiger partial charge in [0, 0.05) is 43.1 Å². The number of ether oxygens (including phenoxy) is 8. The summed E-state index contributed by atoms with van der Waals surface area (Å²) in [6.45, 7) is 16.7. The third-order valence-corrected chi connectivity index (χ3v) is 28.5. The standard InChI is InChI=1S/C120H86N2O12/c1-59(2)79-15-13-16-80(60(3)4)115(79)121-117(123)95-55-99(131-75-31-23-71(127-9)24-32-75)109-87-43-39-83-91-51-67-47-63-19-21-65-49-69-53-93-85-41-45-89-106-90(112-102(134-78-37-29-74(130-12)30-38-78)58-98-108-97(57-101(111(89)114(108)112)133-77-35-27-73(129-11)28-36-77)119(125)122(120(98)126)116-81(61(5)6)17-14-18-82(116)62(7)8)46-42-86(104(85)106)94(93)54-70(69)50-66(65)22-20-64(63)48-68(67)52-92(91)84-40-44-88(105(87)103(83)84)110-100(56-96(118(121)124)107(95)113(109)110)132-76-33-25-72(128-10)26-34-76/h13-62H,1-12H3. The van der Waals surface area contributed by atoms with Crippen LogP contribution in [0.4, 0.5) is 11.4 Å². The lowest BCUT2D eigenvalue weighted by molar-refractivity contribution is 0.0877. The van der Waals surface area contributed by atoms with E-state index in [4.69, 9.17) is 37.9 Å². The van der Waals surface area contributed by atoms with Gasteiger partial charge in [-0.3, -0.25) is 19.2 Å². The average molecular weight is 1750 g/mol. The fourth-order valence-corrected chi connectivity index (χ4v) is 22.3. The van der Waals surface area contributed by atoms with Crippen LogP contribution in [-0.4, -0.2) is 52.1 Å². The second-order valence-electron chi connectivity index (χ2n) is 37.1. The van der Waals surface area contributed by atoms with Crippen LogP contribution in [0.3, 0.4) is 0 Å². The van der Waals surface area contributed by atoms with Crippen molar-refractivity contribution in [2.75, 3.05) is 38.2 Å². The largest absolute Gasteiger partial charge is 0.497 e. The Kier molecular flexibility index (Phi) is 17.6. The number of hydrogen-bond acceptors (Lipinski definition) is 12. The van der Waals surface area contributed by atoms with Crippen LogP contribution in [0.1, 0.15) is 165 Å². The second-order valence-corrected chi connectivity index (χ2v) is 37.1. The first-order chi connectivity index (χ1) is 65.2. The lowest BCUT2D eigenvalue weighted by Gasteiger charge is -2.33. The number of amides is 4. The zero-order valence-electron chi connectivity index (χ0n) is 75.7. The monoisotopic (exact) mass is 1750 g/mol. The molecule has 4 amide bonds. The lowest BCUT2D eigenvalue weighted by Crippen LogP contribution is -2.42. The topological polar surface area (TPSA) is 149 Å². The number of carbonyl (C=O) groups excluding carboxylic acids is 4. The normalized spacial score (nSPS) is 13.5. The highest BCUT2D eigenvalue weighted by atomic mass is 16.5. The molecule has 14 heteroatoms. The molecule has 0 aromatic heterocycles. The molecule has 134 heavy (non-hydrogen) atoms. The summed E-state index contributed by atoms with van der Waals surface area (Å²) in [5, 5.41) is 17.5. The van der Waals surface area contributed by atoms with Crippen LogP contribution in [0.2, 0.25) is 0 Å². The van der Waals surface area contributed by atoms with E-state index in [0.29, 0.717) is 124 Å². The van der Waals surface area contributed by atoms with E-state index in [2.05, 4.69) is 177 Å². The molecule has 25 rings (SSSR count). The molecule has 0 atom stereocenters. The summed E-state index contributed by atoms with van der Waals surface area (Å²) < 4.78 is 51.4. The Morgan fingerprint density at radius 1 is 0.209 bits per heavy atom. The van der Waals surface area contributed by atoms with Crippen molar-refractivity contribution in [3.8, 4) is 114 Å². The minimum Gasteiger partial charge on any atom is -0.497 e. The van der Waals surface area contributed by atoms with Gasteiger partial charge in [0.1, 0.15) is 69.0 Å². The number of para-hydroxylation sites is 2. The molecule has 0 radical (unpaired) electrons. The van der Waals surface area contributed by atoms with Crippen molar-refractivity contribution >= 4 is 167 Å². The third kappa shape index (κ3) is 11.6. The molecule has 0 bridgehead atoms. The van der Waals surface area contributed by atoms with Gasteiger partial charge in [0.05, 0.1) is 62.1 Å². The molecule has 0 spiro atoms. The van der Waals surface area contributed by atoms with Crippen LogP contribution < -0.4 is 47.7 Å². The number of imide groups is 2. The van der Waals surface area contributed by atoms with Gasteiger partial charge in [0.2, 0.25) is 0 Å². The van der Waals surface area contributed by atoms with Gasteiger partial charge in [-0.2, -0.15) is 0 Å². The first-order valence-corrected chi connectivity index (χ1v) is 45.7. The molecule has 0 saturated carbocycles. The predicted molar refractivity (Wildman–Crippen MR) is 541 cm³/mol. The molecule has 3 aliphatic carbocycles. The fraction of sp³-hybridized carbons (Fsp3) is 0.133. The zero-order chi connectivity index (χ0) is 91.1. The second kappa shape index (κ2) is 29.6. The predicted octanol–water partition coefficient (Wildman–Crippen LogP) is 31.3. The lowest BCUT2D eigenvalue weighted by atomic mass is 9.82. The molecule has 20 aromatic rings. The summed E-state index contributed by atoms with van der Waals surface area (Å²) >= 11 is 0. The highest BCUT2D eigenvalue weighted by Crippen LogP contribution is 2.62. The van der Waals surface area contributed by atoms with E-state index in [0.717, 1.165) is 175 Å². The number of hydrogen-bond donors (Lipinski definition) is 0. The maximum Gasteiger partial charge on any atom is 0.266 e. The molecule has 2 heterocycles. The van der Waals surface area contributed by atoms with Crippen molar-refractivity contribution in [1.29, 1.82) is 0 Å². The Balaban J connectivity index is 0.624. The minimum absolute atomic E-state index is 0.0218. The number of fused-ring (bicyclic) bond motifs is 14. The van der Waals surface area contributed by atoms with Gasteiger partial charge < -0.3 is 37.9 Å². The molecule has 0 N–H and O–H groups in total. The van der Waals surface area contributed by atoms with Crippen LogP contribution in [0.15, 0.2) is 255 Å². The van der Waals surface area contributed by atoms with Gasteiger partial charge in [-0.25, -0.2) is 9.80 Å². The first kappa shape index (κ1) is 79.8. The molecule has 0 saturated heterocycles. The number of methoxy groups -OCH3 is 4. The smallest absolute Gasteiger partial charge is 0.266 e. The highest BCUT2D eigenvalue weighted by Gasteiger charge is 2.44. The molecule has 0 unspecified atom stereocenters. The van der Waals surface area contributed by atoms with Crippen molar-refractivity contribution in [3.63, 3.8) is 0 Å². The fourth-order valence-electron chi connectivity index (χ4n) is 22.3. The molecule has 648 valence electrons. The molecular weight excluding hydrogens is 1660 g/mol. The van der Waals surface area contributed by atoms with Crippen LogP contribution in [0.5, 0.6) is 69.0 Å². The van der Waals surface area contributed by atoms with Crippen LogP contribution >= 0.6 is 0 Å². The van der Waals surface area contributed by atoms with Crippen LogP contribution in [0.25, 0.3) is 177 Å². The Morgan fingerprint density at radius 3 is 0.642 bits per heavy atom. The third-order valence-electron chi connectivity index (χ3n) is 28.5. The summed E-state index contributed by atoms with van der Waals surface area (Å²) in [7, 11) is 6.54. The van der Waals surface area contributed by atoms with Crippen molar-refractivity contribution in [3.05, 3.63) is 322 Å². The molecule has 5 aliphatic rings. The molecule has 2 aliphatic heterocycles. The van der Waals surface area contributed by atoms with E-state index in [-0.39, 0.29) is 23.7 Å². The van der Waals surface area contributed by atoms with Gasteiger partial charge in [-0.05, 0) is 347 Å². The number of nitrogens with zero attached hydrogens (tertiary/aromatic N) is 2. The summed E-state index contributed by atoms with van der Waals surface area (Å²) in [5.41, 5.74) is 19.2. The number of benzene rings is 20. The Morgan fingerprint density at radius 2 is 0.425 bits per heavy atom. The summed E-state index contributed by atoms with van der Waals surface area (Å²) in [5.74, 6) is 4.74. The van der Waals surface area contributed by atoms with Crippen LogP contribution in [0, 0.1) is 0 Å². The molecular formula is C120H86N2O12. The SMILES string of the molecule is COc1ccc(Oc2cc3c4c(cc(Oc5ccc(OC)cc5)c5c6ccc7c8c(ccc(c2c45)c86)-c2cc4cc5c(cc4cc2-7)C=Cc2cc4cc6c(cc4cc2C=C5)-c2ccc4c5c(Oc7ccc(OC)cc7)cc7c8c(cc(Oc9ccc(OC)cc9)c(c9ccc-6c2c49)c85)C(=O)N(c2c(C(C)C)cccc2C(C)C)C7=O)C(=O)N(c2c(C(C)C)cccc2C(C)C)C3=O)cc1. The molecule has 20 aromatic carbocycles. The molecule has 0 fully saturated rings. The van der Waals surface area contributed by atoms with Crippen molar-refractivity contribution in [2.24, 2.45) is 0 Å². The number of anilines is 2. The average Bonchev–Trinajstić information content (AvgIpc) is 1.30. The Labute approximate surface area is 771 Å². The quantitative estimate of drug-likeness (QED) is 0.0457. The van der Waals surface area contributed by atoms with E-state index in [1.807, 2.05) is 158 Å². The van der Waals surface area contributed by atoms with Gasteiger partial charge in [-0.1, -0.05) is 165 Å². The maximum atomic E-state index is 16.1. The first-order valence-electron chi connectivity index (χ1n) is 45.7. The number of rotatable bonds is 18. The van der Waals surface area contributed by atoms with Gasteiger partial charge in [0.15, 0.2) is 0 Å². The minimum atomic E-state index is -0.436. The highest BCUT2D eigenvalue weighted by molar-refractivity contribution is 6.48. The van der Waals surface area contributed by atoms with E-state index in [1.54, 1.807) is 28.4 Å². The Bertz CT molecular complexity index is 7760. The molecule has 14 nitrogen and oxygen atoms in total. The maximum absolute atomic E-state index is 16.1. The zero-order valence-corrected chi connectivity index (χ0v) is 75.7. The Hall–Kier alpha value is -16.3. The van der Waals surface area contributed by atoms with Crippen molar-refractivity contribution < 1.29 is 57.1 Å². The van der Waals surface area contributed by atoms with E-state index >= 15 is 19.2 Å².